The molecule has 16 heavy (non-hydrogen) atoms. The van der Waals surface area contributed by atoms with Crippen LogP contribution in [0.4, 0.5) is 0 Å². The average molecular weight is 222 g/mol. The Labute approximate surface area is 92.9 Å². The SMILES string of the molecule is O=C(O)c1ccc(C2(O)CC3CCC2C3)o1. The lowest BCUT2D eigenvalue weighted by Gasteiger charge is -2.30. The fourth-order valence-corrected chi connectivity index (χ4v) is 3.29. The monoisotopic (exact) mass is 222 g/mol. The number of carboxylic acids is 1. The molecule has 3 unspecified atom stereocenters. The molecule has 0 radical (unpaired) electrons. The molecule has 1 aromatic rings. The minimum atomic E-state index is -1.09. The third-order valence-corrected chi connectivity index (χ3v) is 4.06. The number of rotatable bonds is 2. The second-order valence-electron chi connectivity index (χ2n) is 4.97. The highest BCUT2D eigenvalue weighted by molar-refractivity contribution is 5.84. The van der Waals surface area contributed by atoms with E-state index in [0.29, 0.717) is 18.1 Å². The molecule has 0 aromatic carbocycles. The molecule has 4 heteroatoms. The second kappa shape index (κ2) is 3.10. The Bertz CT molecular complexity index is 436. The summed E-state index contributed by atoms with van der Waals surface area (Å²) in [6, 6.07) is 3.02. The van der Waals surface area contributed by atoms with Crippen molar-refractivity contribution in [1.29, 1.82) is 0 Å². The number of furan rings is 1. The van der Waals surface area contributed by atoms with Crippen LogP contribution < -0.4 is 0 Å². The van der Waals surface area contributed by atoms with Crippen LogP contribution in [0.1, 0.15) is 42.0 Å². The number of hydrogen-bond donors (Lipinski definition) is 2. The second-order valence-corrected chi connectivity index (χ2v) is 4.97. The molecule has 3 atom stereocenters. The standard InChI is InChI=1S/C12H14O4/c13-11(14)9-3-4-10(16-9)12(15)6-7-1-2-8(12)5-7/h3-4,7-8,15H,1-2,5-6H2,(H,13,14). The normalized spacial score (nSPS) is 36.8. The molecule has 2 bridgehead atoms. The molecule has 2 fully saturated rings. The third-order valence-electron chi connectivity index (χ3n) is 4.06. The van der Waals surface area contributed by atoms with E-state index in [4.69, 9.17) is 9.52 Å². The van der Waals surface area contributed by atoms with Crippen molar-refractivity contribution in [3.8, 4) is 0 Å². The third kappa shape index (κ3) is 1.23. The zero-order valence-corrected chi connectivity index (χ0v) is 8.85. The van der Waals surface area contributed by atoms with Crippen LogP contribution in [0, 0.1) is 11.8 Å². The first-order chi connectivity index (χ1) is 7.59. The van der Waals surface area contributed by atoms with Crippen LogP contribution in [0.15, 0.2) is 16.5 Å². The number of aromatic carboxylic acids is 1. The Hall–Kier alpha value is -1.29. The van der Waals surface area contributed by atoms with Crippen molar-refractivity contribution >= 4 is 5.97 Å². The average Bonchev–Trinajstić information content (AvgIpc) is 2.91. The topological polar surface area (TPSA) is 70.7 Å². The lowest BCUT2D eigenvalue weighted by atomic mass is 9.82. The Morgan fingerprint density at radius 3 is 2.75 bits per heavy atom. The lowest BCUT2D eigenvalue weighted by molar-refractivity contribution is -0.0374. The Morgan fingerprint density at radius 2 is 2.25 bits per heavy atom. The first kappa shape index (κ1) is 9.90. The summed E-state index contributed by atoms with van der Waals surface area (Å²) in [7, 11) is 0. The van der Waals surface area contributed by atoms with Gasteiger partial charge in [0.25, 0.3) is 0 Å². The zero-order chi connectivity index (χ0) is 11.3. The highest BCUT2D eigenvalue weighted by Gasteiger charge is 2.52. The molecule has 2 aliphatic carbocycles. The smallest absolute Gasteiger partial charge is 0.371 e. The molecule has 3 rings (SSSR count). The van der Waals surface area contributed by atoms with E-state index in [9.17, 15) is 9.90 Å². The van der Waals surface area contributed by atoms with E-state index in [1.165, 1.54) is 12.5 Å². The van der Waals surface area contributed by atoms with E-state index in [-0.39, 0.29) is 11.7 Å². The molecule has 1 aromatic heterocycles. The van der Waals surface area contributed by atoms with Crippen molar-refractivity contribution < 1.29 is 19.4 Å². The van der Waals surface area contributed by atoms with Crippen LogP contribution in [-0.2, 0) is 5.60 Å². The van der Waals surface area contributed by atoms with Gasteiger partial charge in [0.2, 0.25) is 5.76 Å². The van der Waals surface area contributed by atoms with Crippen LogP contribution in [0.25, 0.3) is 0 Å². The van der Waals surface area contributed by atoms with Crippen LogP contribution in [0.2, 0.25) is 0 Å². The van der Waals surface area contributed by atoms with Crippen LogP contribution >= 0.6 is 0 Å². The molecule has 2 N–H and O–H groups in total. The van der Waals surface area contributed by atoms with Gasteiger partial charge in [-0.3, -0.25) is 0 Å². The molecule has 1 heterocycles. The van der Waals surface area contributed by atoms with Gasteiger partial charge < -0.3 is 14.6 Å². The number of carbonyl (C=O) groups is 1. The van der Waals surface area contributed by atoms with Gasteiger partial charge in [-0.25, -0.2) is 4.79 Å². The Kier molecular flexibility index (Phi) is 1.92. The highest BCUT2D eigenvalue weighted by atomic mass is 16.4. The zero-order valence-electron chi connectivity index (χ0n) is 8.85. The van der Waals surface area contributed by atoms with Crippen molar-refractivity contribution in [3.05, 3.63) is 23.7 Å². The van der Waals surface area contributed by atoms with Crippen molar-refractivity contribution in [2.75, 3.05) is 0 Å². The maximum Gasteiger partial charge on any atom is 0.371 e. The van der Waals surface area contributed by atoms with E-state index in [0.717, 1.165) is 12.8 Å². The number of hydrogen-bond acceptors (Lipinski definition) is 3. The summed E-state index contributed by atoms with van der Waals surface area (Å²) < 4.78 is 5.24. The van der Waals surface area contributed by atoms with Gasteiger partial charge in [0, 0.05) is 0 Å². The number of fused-ring (bicyclic) bond motifs is 2. The van der Waals surface area contributed by atoms with Crippen molar-refractivity contribution in [2.45, 2.75) is 31.3 Å². The van der Waals surface area contributed by atoms with Gasteiger partial charge in [0.1, 0.15) is 11.4 Å². The molecule has 86 valence electrons. The number of carboxylic acid groups (broad SMARTS) is 1. The summed E-state index contributed by atoms with van der Waals surface area (Å²) in [5.41, 5.74) is -0.920. The quantitative estimate of drug-likeness (QED) is 0.802. The summed E-state index contributed by atoms with van der Waals surface area (Å²) in [6.07, 6.45) is 3.95. The largest absolute Gasteiger partial charge is 0.475 e. The van der Waals surface area contributed by atoms with Gasteiger partial charge in [-0.05, 0) is 49.7 Å². The lowest BCUT2D eigenvalue weighted by Crippen LogP contribution is -2.31. The predicted molar refractivity (Wildman–Crippen MR) is 55.0 cm³/mol. The van der Waals surface area contributed by atoms with Crippen LogP contribution in [0.3, 0.4) is 0 Å². The maximum absolute atomic E-state index is 10.7. The van der Waals surface area contributed by atoms with E-state index in [2.05, 4.69) is 0 Å². The van der Waals surface area contributed by atoms with Gasteiger partial charge >= 0.3 is 5.97 Å². The first-order valence-corrected chi connectivity index (χ1v) is 5.65. The van der Waals surface area contributed by atoms with Gasteiger partial charge in [-0.1, -0.05) is 0 Å². The summed E-state index contributed by atoms with van der Waals surface area (Å²) in [5.74, 6) is 0.0694. The van der Waals surface area contributed by atoms with Crippen molar-refractivity contribution in [3.63, 3.8) is 0 Å². The fraction of sp³-hybridized carbons (Fsp3) is 0.583. The van der Waals surface area contributed by atoms with Gasteiger partial charge in [0.15, 0.2) is 0 Å². The molecule has 0 spiro atoms. The maximum atomic E-state index is 10.7. The Balaban J connectivity index is 1.94. The van der Waals surface area contributed by atoms with Gasteiger partial charge in [-0.15, -0.1) is 0 Å². The van der Waals surface area contributed by atoms with Crippen molar-refractivity contribution in [1.82, 2.24) is 0 Å². The van der Waals surface area contributed by atoms with E-state index < -0.39 is 11.6 Å². The minimum Gasteiger partial charge on any atom is -0.475 e. The summed E-state index contributed by atoms with van der Waals surface area (Å²) in [4.78, 5) is 10.7. The molecule has 0 saturated heterocycles. The Morgan fingerprint density at radius 1 is 1.44 bits per heavy atom. The summed E-state index contributed by atoms with van der Waals surface area (Å²) >= 11 is 0. The van der Waals surface area contributed by atoms with E-state index in [1.54, 1.807) is 6.07 Å². The molecule has 0 aliphatic heterocycles. The predicted octanol–water partition coefficient (Wildman–Crippen LogP) is 1.99. The van der Waals surface area contributed by atoms with E-state index >= 15 is 0 Å². The van der Waals surface area contributed by atoms with Crippen molar-refractivity contribution in [2.24, 2.45) is 11.8 Å². The molecular formula is C12H14O4. The molecule has 2 aliphatic rings. The van der Waals surface area contributed by atoms with Crippen LogP contribution in [-0.4, -0.2) is 16.2 Å². The minimum absolute atomic E-state index is 0.0915. The fourth-order valence-electron chi connectivity index (χ4n) is 3.29. The molecule has 4 nitrogen and oxygen atoms in total. The van der Waals surface area contributed by atoms with E-state index in [1.807, 2.05) is 0 Å². The van der Waals surface area contributed by atoms with Crippen LogP contribution in [0.5, 0.6) is 0 Å². The molecular weight excluding hydrogens is 208 g/mol. The summed E-state index contributed by atoms with van der Waals surface area (Å²) in [6.45, 7) is 0. The van der Waals surface area contributed by atoms with Gasteiger partial charge in [-0.2, -0.15) is 0 Å². The first-order valence-electron chi connectivity index (χ1n) is 5.65. The molecule has 0 amide bonds. The van der Waals surface area contributed by atoms with Gasteiger partial charge in [0.05, 0.1) is 0 Å². The molecule has 2 saturated carbocycles. The number of aliphatic hydroxyl groups is 1. The highest BCUT2D eigenvalue weighted by Crippen LogP contribution is 2.55. The summed E-state index contributed by atoms with van der Waals surface area (Å²) in [5, 5.41) is 19.3.